The number of amides is 1. The third-order valence-corrected chi connectivity index (χ3v) is 2.30. The third kappa shape index (κ3) is 2.87. The molecule has 0 aromatic carbocycles. The van der Waals surface area contributed by atoms with Crippen molar-refractivity contribution < 1.29 is 9.53 Å². The molecular formula is C9H15Cl2N3O2. The highest BCUT2D eigenvalue weighted by molar-refractivity contribution is 5.85. The molecule has 1 N–H and O–H groups in total. The van der Waals surface area contributed by atoms with E-state index in [0.717, 1.165) is 18.8 Å². The maximum absolute atomic E-state index is 11.5. The first-order valence-corrected chi connectivity index (χ1v) is 4.73. The minimum absolute atomic E-state index is 0. The number of fused-ring (bicyclic) bond motifs is 1. The number of ether oxygens (including phenoxy) is 1. The van der Waals surface area contributed by atoms with Crippen LogP contribution in [-0.4, -0.2) is 37.0 Å². The highest BCUT2D eigenvalue weighted by Gasteiger charge is 2.33. The van der Waals surface area contributed by atoms with E-state index in [1.807, 2.05) is 6.08 Å². The number of aliphatic imine (C=N–C) groups is 1. The molecule has 0 bridgehead atoms. The lowest BCUT2D eigenvalue weighted by molar-refractivity contribution is 0.110. The summed E-state index contributed by atoms with van der Waals surface area (Å²) < 4.78 is 4.91. The van der Waals surface area contributed by atoms with Crippen molar-refractivity contribution in [3.63, 3.8) is 0 Å². The number of nitrogens with one attached hydrogen (secondary N) is 1. The second-order valence-corrected chi connectivity index (χ2v) is 3.20. The van der Waals surface area contributed by atoms with E-state index in [9.17, 15) is 4.79 Å². The molecule has 0 aromatic rings. The molecule has 2 aliphatic heterocycles. The highest BCUT2D eigenvalue weighted by Crippen LogP contribution is 2.23. The Bertz CT molecular complexity index is 307. The fourth-order valence-corrected chi connectivity index (χ4v) is 1.62. The predicted octanol–water partition coefficient (Wildman–Crippen LogP) is 1.39. The molecule has 0 radical (unpaired) electrons. The Labute approximate surface area is 107 Å². The van der Waals surface area contributed by atoms with Gasteiger partial charge >= 0.3 is 6.09 Å². The van der Waals surface area contributed by atoms with Crippen LogP contribution < -0.4 is 5.43 Å². The van der Waals surface area contributed by atoms with E-state index in [1.54, 1.807) is 13.1 Å². The fourth-order valence-electron chi connectivity index (χ4n) is 1.62. The molecule has 7 heteroatoms. The van der Waals surface area contributed by atoms with Gasteiger partial charge in [-0.1, -0.05) is 0 Å². The topological polar surface area (TPSA) is 53.9 Å². The van der Waals surface area contributed by atoms with Crippen molar-refractivity contribution in [1.82, 2.24) is 10.4 Å². The number of allylic oxidation sites excluding steroid dienone is 1. The highest BCUT2D eigenvalue weighted by atomic mass is 35.5. The molecule has 1 amide bonds. The second-order valence-electron chi connectivity index (χ2n) is 3.20. The molecule has 1 atom stereocenters. The Kier molecular flexibility index (Phi) is 6.40. The van der Waals surface area contributed by atoms with Crippen LogP contribution in [0.15, 0.2) is 16.8 Å². The maximum atomic E-state index is 11.5. The molecular weight excluding hydrogens is 253 g/mol. The summed E-state index contributed by atoms with van der Waals surface area (Å²) in [6, 6.07) is 0. The number of hydrogen-bond acceptors (Lipinski definition) is 4. The lowest BCUT2D eigenvalue weighted by Gasteiger charge is -2.19. The summed E-state index contributed by atoms with van der Waals surface area (Å²) in [4.78, 5) is 15.6. The number of rotatable bonds is 1. The van der Waals surface area contributed by atoms with Crippen LogP contribution in [0.2, 0.25) is 0 Å². The van der Waals surface area contributed by atoms with Crippen LogP contribution in [0.1, 0.15) is 6.92 Å². The van der Waals surface area contributed by atoms with Gasteiger partial charge in [0.2, 0.25) is 0 Å². The number of halogens is 2. The molecule has 2 aliphatic rings. The minimum atomic E-state index is -0.337. The van der Waals surface area contributed by atoms with Crippen LogP contribution in [-0.2, 0) is 4.74 Å². The van der Waals surface area contributed by atoms with E-state index in [4.69, 9.17) is 4.74 Å². The normalized spacial score (nSPS) is 21.4. The van der Waals surface area contributed by atoms with E-state index in [0.29, 0.717) is 12.5 Å². The Morgan fingerprint density at radius 1 is 1.69 bits per heavy atom. The summed E-state index contributed by atoms with van der Waals surface area (Å²) in [5.41, 5.74) is 3.95. The molecule has 0 aromatic heterocycles. The second kappa shape index (κ2) is 6.73. The first kappa shape index (κ1) is 15.2. The number of hydrazine groups is 1. The van der Waals surface area contributed by atoms with E-state index >= 15 is 0 Å². The maximum Gasteiger partial charge on any atom is 0.428 e. The number of carbonyl (C=O) groups is 1. The van der Waals surface area contributed by atoms with E-state index in [-0.39, 0.29) is 30.9 Å². The van der Waals surface area contributed by atoms with Crippen molar-refractivity contribution in [3.8, 4) is 0 Å². The number of dihydropyridines is 1. The Hall–Kier alpha value is -0.780. The molecule has 1 unspecified atom stereocenters. The minimum Gasteiger partial charge on any atom is -0.449 e. The quantitative estimate of drug-likeness (QED) is 0.782. The summed E-state index contributed by atoms with van der Waals surface area (Å²) in [5.74, 6) is 0.310. The van der Waals surface area contributed by atoms with Crippen LogP contribution in [0, 0.1) is 5.92 Å². The first-order valence-electron chi connectivity index (χ1n) is 4.73. The number of nitrogens with zero attached hydrogens (tertiary/aromatic N) is 2. The Balaban J connectivity index is 0.00000112. The van der Waals surface area contributed by atoms with Crippen molar-refractivity contribution in [2.75, 3.05) is 19.7 Å². The monoisotopic (exact) mass is 267 g/mol. The SMILES string of the molecule is CCOC(=O)N1NCC2CN=CC=C21.Cl.Cl. The Morgan fingerprint density at radius 2 is 2.44 bits per heavy atom. The van der Waals surface area contributed by atoms with Gasteiger partial charge in [0.25, 0.3) is 0 Å². The third-order valence-electron chi connectivity index (χ3n) is 2.30. The lowest BCUT2D eigenvalue weighted by Crippen LogP contribution is -2.36. The van der Waals surface area contributed by atoms with Crippen LogP contribution >= 0.6 is 24.8 Å². The average Bonchev–Trinajstić information content (AvgIpc) is 2.61. The van der Waals surface area contributed by atoms with Gasteiger partial charge < -0.3 is 4.74 Å². The van der Waals surface area contributed by atoms with Gasteiger partial charge in [-0.15, -0.1) is 24.8 Å². The lowest BCUT2D eigenvalue weighted by atomic mass is 10.1. The molecule has 0 saturated carbocycles. The van der Waals surface area contributed by atoms with Gasteiger partial charge in [-0.2, -0.15) is 0 Å². The number of carbonyl (C=O) groups excluding carboxylic acids is 1. The molecule has 1 saturated heterocycles. The molecule has 0 aliphatic carbocycles. The molecule has 16 heavy (non-hydrogen) atoms. The van der Waals surface area contributed by atoms with Gasteiger partial charge in [0, 0.05) is 30.9 Å². The summed E-state index contributed by atoms with van der Waals surface area (Å²) in [7, 11) is 0. The molecule has 2 heterocycles. The average molecular weight is 268 g/mol. The van der Waals surface area contributed by atoms with Gasteiger partial charge in [-0.05, 0) is 13.0 Å². The number of hydrogen-bond donors (Lipinski definition) is 1. The molecule has 5 nitrogen and oxygen atoms in total. The smallest absolute Gasteiger partial charge is 0.428 e. The van der Waals surface area contributed by atoms with Crippen LogP contribution in [0.3, 0.4) is 0 Å². The van der Waals surface area contributed by atoms with Crippen LogP contribution in [0.4, 0.5) is 4.79 Å². The van der Waals surface area contributed by atoms with Gasteiger partial charge in [0.05, 0.1) is 6.61 Å². The van der Waals surface area contributed by atoms with E-state index in [2.05, 4.69) is 10.4 Å². The summed E-state index contributed by atoms with van der Waals surface area (Å²) in [6.07, 6.45) is 3.24. The standard InChI is InChI=1S/C9H13N3O2.2ClH/c1-2-14-9(13)12-8-3-4-10-5-7(8)6-11-12;;/h3-4,7,11H,2,5-6H2,1H3;2*1H. The summed E-state index contributed by atoms with van der Waals surface area (Å²) >= 11 is 0. The zero-order valence-corrected chi connectivity index (χ0v) is 10.5. The van der Waals surface area contributed by atoms with Crippen LogP contribution in [0.25, 0.3) is 0 Å². The van der Waals surface area contributed by atoms with Crippen molar-refractivity contribution in [1.29, 1.82) is 0 Å². The summed E-state index contributed by atoms with van der Waals surface area (Å²) in [5, 5.41) is 1.47. The zero-order chi connectivity index (χ0) is 9.97. The molecule has 1 fully saturated rings. The molecule has 0 spiro atoms. The van der Waals surface area contributed by atoms with Gasteiger partial charge in [0.15, 0.2) is 0 Å². The zero-order valence-electron chi connectivity index (χ0n) is 8.88. The van der Waals surface area contributed by atoms with Crippen molar-refractivity contribution in [3.05, 3.63) is 11.8 Å². The fraction of sp³-hybridized carbons (Fsp3) is 0.556. The van der Waals surface area contributed by atoms with E-state index in [1.165, 1.54) is 5.01 Å². The van der Waals surface area contributed by atoms with Crippen molar-refractivity contribution in [2.24, 2.45) is 10.9 Å². The van der Waals surface area contributed by atoms with Crippen molar-refractivity contribution >= 4 is 37.1 Å². The van der Waals surface area contributed by atoms with Gasteiger partial charge in [0.1, 0.15) is 0 Å². The Morgan fingerprint density at radius 3 is 3.12 bits per heavy atom. The predicted molar refractivity (Wildman–Crippen MR) is 66.3 cm³/mol. The van der Waals surface area contributed by atoms with Crippen molar-refractivity contribution in [2.45, 2.75) is 6.92 Å². The first-order chi connectivity index (χ1) is 6.83. The van der Waals surface area contributed by atoms with E-state index < -0.39 is 0 Å². The summed E-state index contributed by atoms with van der Waals surface area (Å²) in [6.45, 7) is 3.68. The van der Waals surface area contributed by atoms with Gasteiger partial charge in [-0.3, -0.25) is 4.99 Å². The largest absolute Gasteiger partial charge is 0.449 e. The van der Waals surface area contributed by atoms with Gasteiger partial charge in [-0.25, -0.2) is 15.2 Å². The molecule has 2 rings (SSSR count). The molecule has 92 valence electrons. The van der Waals surface area contributed by atoms with Crippen LogP contribution in [0.5, 0.6) is 0 Å².